The van der Waals surface area contributed by atoms with Crippen LogP contribution in [0.3, 0.4) is 0 Å². The molecule has 1 aliphatic heterocycles. The second-order valence-electron chi connectivity index (χ2n) is 6.68. The summed E-state index contributed by atoms with van der Waals surface area (Å²) < 4.78 is 13.3. The van der Waals surface area contributed by atoms with Crippen molar-refractivity contribution in [2.24, 2.45) is 5.92 Å². The molecule has 0 spiro atoms. The number of amides is 1. The third-order valence-electron chi connectivity index (χ3n) is 5.02. The van der Waals surface area contributed by atoms with E-state index in [1.807, 2.05) is 11.1 Å². The predicted molar refractivity (Wildman–Crippen MR) is 89.8 cm³/mol. The molecule has 23 heavy (non-hydrogen) atoms. The molecule has 0 bridgehead atoms. The Labute approximate surface area is 136 Å². The molecule has 1 saturated heterocycles. The molecule has 0 unspecified atom stereocenters. The smallest absolute Gasteiger partial charge is 0.227 e. The number of likely N-dealkylation sites (tertiary alicyclic amines) is 1. The van der Waals surface area contributed by atoms with Gasteiger partial charge < -0.3 is 14.8 Å². The van der Waals surface area contributed by atoms with Gasteiger partial charge in [0, 0.05) is 36.2 Å². The van der Waals surface area contributed by atoms with Crippen LogP contribution in [0.15, 0.2) is 24.4 Å². The highest BCUT2D eigenvalue weighted by Gasteiger charge is 2.35. The third kappa shape index (κ3) is 3.11. The number of nitrogens with zero attached hydrogens (tertiary/aromatic N) is 2. The minimum absolute atomic E-state index is 0.151. The first-order chi connectivity index (χ1) is 11.0. The number of benzene rings is 1. The number of fused-ring (bicyclic) bond motifs is 1. The normalized spacial score (nSPS) is 21.5. The van der Waals surface area contributed by atoms with Crippen molar-refractivity contribution in [3.05, 3.63) is 35.8 Å². The van der Waals surface area contributed by atoms with Crippen LogP contribution in [0.1, 0.15) is 18.9 Å². The fourth-order valence-electron chi connectivity index (χ4n) is 3.62. The van der Waals surface area contributed by atoms with Crippen LogP contribution < -0.4 is 0 Å². The molecule has 0 aliphatic carbocycles. The van der Waals surface area contributed by atoms with Crippen LogP contribution in [-0.2, 0) is 11.2 Å². The molecule has 2 heterocycles. The number of carbonyl (C=O) groups excluding carboxylic acids is 1. The van der Waals surface area contributed by atoms with Crippen LogP contribution in [0.5, 0.6) is 0 Å². The van der Waals surface area contributed by atoms with E-state index in [1.165, 1.54) is 12.1 Å². The van der Waals surface area contributed by atoms with Gasteiger partial charge in [-0.05, 0) is 43.8 Å². The molecule has 2 aromatic rings. The fraction of sp³-hybridized carbons (Fsp3) is 0.500. The van der Waals surface area contributed by atoms with Crippen molar-refractivity contribution in [1.82, 2.24) is 14.8 Å². The summed E-state index contributed by atoms with van der Waals surface area (Å²) in [6.07, 6.45) is 3.26. The minimum Gasteiger partial charge on any atom is -0.361 e. The Morgan fingerprint density at radius 2 is 2.17 bits per heavy atom. The minimum atomic E-state index is -0.267. The van der Waals surface area contributed by atoms with Gasteiger partial charge in [0.1, 0.15) is 5.82 Å². The first kappa shape index (κ1) is 16.0. The van der Waals surface area contributed by atoms with Gasteiger partial charge in [0.05, 0.1) is 6.42 Å². The number of hydrogen-bond donors (Lipinski definition) is 1. The van der Waals surface area contributed by atoms with E-state index in [-0.39, 0.29) is 11.7 Å². The topological polar surface area (TPSA) is 39.3 Å². The molecule has 0 saturated carbocycles. The zero-order valence-electron chi connectivity index (χ0n) is 14.0. The molecule has 1 fully saturated rings. The van der Waals surface area contributed by atoms with E-state index in [0.29, 0.717) is 18.4 Å². The van der Waals surface area contributed by atoms with Gasteiger partial charge in [0.15, 0.2) is 0 Å². The highest BCUT2D eigenvalue weighted by Crippen LogP contribution is 2.25. The van der Waals surface area contributed by atoms with E-state index >= 15 is 0 Å². The van der Waals surface area contributed by atoms with E-state index < -0.39 is 0 Å². The van der Waals surface area contributed by atoms with Gasteiger partial charge in [-0.3, -0.25) is 4.79 Å². The summed E-state index contributed by atoms with van der Waals surface area (Å²) in [6.45, 7) is 3.81. The third-order valence-corrected chi connectivity index (χ3v) is 5.02. The maximum atomic E-state index is 13.3. The van der Waals surface area contributed by atoms with Crippen LogP contribution in [-0.4, -0.2) is 53.9 Å². The molecule has 1 aromatic heterocycles. The van der Waals surface area contributed by atoms with E-state index in [2.05, 4.69) is 30.9 Å². The molecule has 1 aromatic carbocycles. The van der Waals surface area contributed by atoms with Crippen molar-refractivity contribution < 1.29 is 9.18 Å². The maximum Gasteiger partial charge on any atom is 0.227 e. The molecule has 0 radical (unpaired) electrons. The molecule has 1 N–H and O–H groups in total. The molecular weight excluding hydrogens is 293 g/mol. The summed E-state index contributed by atoms with van der Waals surface area (Å²) in [5.41, 5.74) is 1.68. The fourth-order valence-corrected chi connectivity index (χ4v) is 3.62. The Morgan fingerprint density at radius 1 is 1.39 bits per heavy atom. The molecule has 2 atom stereocenters. The van der Waals surface area contributed by atoms with Gasteiger partial charge in [-0.1, -0.05) is 13.3 Å². The average molecular weight is 317 g/mol. The predicted octanol–water partition coefficient (Wildman–Crippen LogP) is 2.65. The largest absolute Gasteiger partial charge is 0.361 e. The number of nitrogens with one attached hydrogen (secondary N) is 1. The molecule has 3 rings (SSSR count). The Bertz CT molecular complexity index is 709. The molecule has 1 amide bonds. The van der Waals surface area contributed by atoms with Crippen LogP contribution in [0.25, 0.3) is 10.9 Å². The number of hydrogen-bond acceptors (Lipinski definition) is 2. The standard InChI is InChI=1S/C18H24FN3O/c1-4-12-10-22(11-17(12)21(2)3)18(23)7-13-9-20-16-8-14(19)5-6-15(13)16/h5-6,8-9,12,17,20H,4,7,10-11H2,1-3H3/t12-,17+/m1/s1. The Balaban J connectivity index is 1.74. The Kier molecular flexibility index (Phi) is 4.39. The Morgan fingerprint density at radius 3 is 2.83 bits per heavy atom. The number of rotatable bonds is 4. The van der Waals surface area contributed by atoms with Crippen LogP contribution in [0, 0.1) is 11.7 Å². The SMILES string of the molecule is CC[C@@H]1CN(C(=O)Cc2c[nH]c3cc(F)ccc23)C[C@@H]1N(C)C. The van der Waals surface area contributed by atoms with Gasteiger partial charge in [0.25, 0.3) is 0 Å². The number of aromatic nitrogens is 1. The van der Waals surface area contributed by atoms with E-state index in [1.54, 1.807) is 6.07 Å². The van der Waals surface area contributed by atoms with Gasteiger partial charge in [-0.15, -0.1) is 0 Å². The molecule has 5 heteroatoms. The second kappa shape index (κ2) is 6.32. The van der Waals surface area contributed by atoms with E-state index in [0.717, 1.165) is 36.0 Å². The number of halogens is 1. The maximum absolute atomic E-state index is 13.3. The zero-order chi connectivity index (χ0) is 16.6. The molecule has 4 nitrogen and oxygen atoms in total. The number of H-pyrrole nitrogens is 1. The van der Waals surface area contributed by atoms with Crippen LogP contribution in [0.4, 0.5) is 4.39 Å². The Hall–Kier alpha value is -1.88. The van der Waals surface area contributed by atoms with Crippen molar-refractivity contribution in [2.75, 3.05) is 27.2 Å². The monoisotopic (exact) mass is 317 g/mol. The molecule has 1 aliphatic rings. The van der Waals surface area contributed by atoms with E-state index in [9.17, 15) is 9.18 Å². The number of aromatic amines is 1. The van der Waals surface area contributed by atoms with Crippen molar-refractivity contribution in [3.8, 4) is 0 Å². The highest BCUT2D eigenvalue weighted by atomic mass is 19.1. The lowest BCUT2D eigenvalue weighted by Gasteiger charge is -2.23. The van der Waals surface area contributed by atoms with Crippen LogP contribution >= 0.6 is 0 Å². The lowest BCUT2D eigenvalue weighted by Crippen LogP contribution is -2.36. The zero-order valence-corrected chi connectivity index (χ0v) is 14.0. The summed E-state index contributed by atoms with van der Waals surface area (Å²) in [7, 11) is 4.16. The van der Waals surface area contributed by atoms with Gasteiger partial charge >= 0.3 is 0 Å². The van der Waals surface area contributed by atoms with Crippen molar-refractivity contribution in [1.29, 1.82) is 0 Å². The summed E-state index contributed by atoms with van der Waals surface area (Å²) in [5, 5.41) is 0.926. The lowest BCUT2D eigenvalue weighted by molar-refractivity contribution is -0.129. The summed E-state index contributed by atoms with van der Waals surface area (Å²) in [6, 6.07) is 5.08. The summed E-state index contributed by atoms with van der Waals surface area (Å²) in [4.78, 5) is 19.9. The number of carbonyl (C=O) groups is 1. The van der Waals surface area contributed by atoms with Gasteiger partial charge in [-0.25, -0.2) is 4.39 Å². The molecule has 124 valence electrons. The van der Waals surface area contributed by atoms with E-state index in [4.69, 9.17) is 0 Å². The molecular formula is C18H24FN3O. The highest BCUT2D eigenvalue weighted by molar-refractivity contribution is 5.89. The average Bonchev–Trinajstić information content (AvgIpc) is 3.11. The van der Waals surface area contributed by atoms with Crippen molar-refractivity contribution >= 4 is 16.8 Å². The first-order valence-electron chi connectivity index (χ1n) is 8.19. The quantitative estimate of drug-likeness (QED) is 0.941. The first-order valence-corrected chi connectivity index (χ1v) is 8.19. The number of likely N-dealkylation sites (N-methyl/N-ethyl adjacent to an activating group) is 1. The second-order valence-corrected chi connectivity index (χ2v) is 6.68. The van der Waals surface area contributed by atoms with Crippen LogP contribution in [0.2, 0.25) is 0 Å². The van der Waals surface area contributed by atoms with Crippen molar-refractivity contribution in [2.45, 2.75) is 25.8 Å². The van der Waals surface area contributed by atoms with Gasteiger partial charge in [-0.2, -0.15) is 0 Å². The van der Waals surface area contributed by atoms with Crippen molar-refractivity contribution in [3.63, 3.8) is 0 Å². The van der Waals surface area contributed by atoms with Gasteiger partial charge in [0.2, 0.25) is 5.91 Å². The lowest BCUT2D eigenvalue weighted by atomic mass is 10.0. The summed E-state index contributed by atoms with van der Waals surface area (Å²) in [5.74, 6) is 0.417. The summed E-state index contributed by atoms with van der Waals surface area (Å²) >= 11 is 0.